The number of amides is 1. The van der Waals surface area contributed by atoms with Crippen LogP contribution in [0.3, 0.4) is 0 Å². The van der Waals surface area contributed by atoms with Crippen LogP contribution in [0.4, 0.5) is 0 Å². The second kappa shape index (κ2) is 11.1. The number of halogens is 1. The van der Waals surface area contributed by atoms with Crippen molar-refractivity contribution in [2.45, 2.75) is 13.5 Å². The first-order valence-electron chi connectivity index (χ1n) is 10.2. The number of hydrogen-bond donors (Lipinski definition) is 1. The van der Waals surface area contributed by atoms with Crippen LogP contribution >= 0.6 is 11.6 Å². The highest BCUT2D eigenvalue weighted by atomic mass is 35.5. The normalized spacial score (nSPS) is 15.5. The van der Waals surface area contributed by atoms with Crippen molar-refractivity contribution in [2.75, 3.05) is 46.9 Å². The molecule has 1 amide bonds. The van der Waals surface area contributed by atoms with Crippen LogP contribution < -0.4 is 14.9 Å². The van der Waals surface area contributed by atoms with E-state index >= 15 is 0 Å². The maximum Gasteiger partial charge on any atom is 0.254 e. The molecular weight excluding hydrogens is 416 g/mol. The van der Waals surface area contributed by atoms with Crippen LogP contribution in [0.2, 0.25) is 5.02 Å². The molecule has 1 aliphatic rings. The van der Waals surface area contributed by atoms with Crippen LogP contribution in [0.15, 0.2) is 47.6 Å². The largest absolute Gasteiger partial charge is 0.493 e. The molecule has 2 aromatic carbocycles. The van der Waals surface area contributed by atoms with Crippen molar-refractivity contribution in [3.63, 3.8) is 0 Å². The quantitative estimate of drug-likeness (QED) is 0.500. The molecule has 0 aliphatic carbocycles. The van der Waals surface area contributed by atoms with Crippen molar-refractivity contribution in [3.8, 4) is 11.5 Å². The van der Waals surface area contributed by atoms with Gasteiger partial charge < -0.3 is 9.47 Å². The van der Waals surface area contributed by atoms with Crippen LogP contribution in [-0.4, -0.2) is 68.4 Å². The summed E-state index contributed by atoms with van der Waals surface area (Å²) in [4.78, 5) is 16.8. The fourth-order valence-corrected chi connectivity index (χ4v) is 3.68. The van der Waals surface area contributed by atoms with Gasteiger partial charge in [0.15, 0.2) is 11.5 Å². The number of rotatable bonds is 8. The maximum absolute atomic E-state index is 12.4. The molecular formula is C23H29ClN4O3. The van der Waals surface area contributed by atoms with E-state index in [0.717, 1.165) is 48.9 Å². The van der Waals surface area contributed by atoms with Gasteiger partial charge in [-0.2, -0.15) is 5.10 Å². The lowest BCUT2D eigenvalue weighted by atomic mass is 10.1. The van der Waals surface area contributed by atoms with Crippen molar-refractivity contribution in [1.29, 1.82) is 0 Å². The van der Waals surface area contributed by atoms with E-state index in [1.165, 1.54) is 0 Å². The van der Waals surface area contributed by atoms with Gasteiger partial charge in [-0.25, -0.2) is 5.43 Å². The van der Waals surface area contributed by atoms with E-state index in [-0.39, 0.29) is 5.91 Å². The molecule has 7 nitrogen and oxygen atoms in total. The third-order valence-electron chi connectivity index (χ3n) is 5.33. The Morgan fingerprint density at radius 2 is 1.71 bits per heavy atom. The third kappa shape index (κ3) is 6.43. The van der Waals surface area contributed by atoms with Crippen LogP contribution in [-0.2, 0) is 11.3 Å². The summed E-state index contributed by atoms with van der Waals surface area (Å²) in [6, 6.07) is 13.5. The minimum atomic E-state index is -0.126. The number of hydrogen-bond acceptors (Lipinski definition) is 6. The van der Waals surface area contributed by atoms with E-state index < -0.39 is 0 Å². The second-order valence-electron chi connectivity index (χ2n) is 7.45. The number of hydrazone groups is 1. The summed E-state index contributed by atoms with van der Waals surface area (Å²) < 4.78 is 10.6. The van der Waals surface area contributed by atoms with Crippen molar-refractivity contribution < 1.29 is 14.3 Å². The predicted molar refractivity (Wildman–Crippen MR) is 123 cm³/mol. The molecule has 1 fully saturated rings. The highest BCUT2D eigenvalue weighted by Gasteiger charge is 2.19. The third-order valence-corrected chi connectivity index (χ3v) is 5.70. The van der Waals surface area contributed by atoms with E-state index in [2.05, 4.69) is 26.4 Å². The number of carbonyl (C=O) groups is 1. The van der Waals surface area contributed by atoms with E-state index in [9.17, 15) is 4.79 Å². The molecule has 1 saturated heterocycles. The Hall–Kier alpha value is -2.61. The Bertz CT molecular complexity index is 927. The molecule has 2 aromatic rings. The summed E-state index contributed by atoms with van der Waals surface area (Å²) in [5.74, 6) is 1.15. The zero-order valence-electron chi connectivity index (χ0n) is 18.2. The molecule has 0 atom stereocenters. The number of ether oxygens (including phenoxy) is 2. The standard InChI is InChI=1S/C23H29ClN4O3/c1-17(18-8-9-21(30-2)22(14-18)31-3)25-26-23(29)16-28-12-10-27(11-13-28)15-19-6-4-5-7-20(19)24/h4-9,14H,10-13,15-16H2,1-3H3,(H,26,29). The van der Waals surface area contributed by atoms with E-state index in [0.29, 0.717) is 23.8 Å². The average Bonchev–Trinajstić information content (AvgIpc) is 2.79. The number of carbonyl (C=O) groups excluding carboxylic acids is 1. The van der Waals surface area contributed by atoms with Gasteiger partial charge in [-0.05, 0) is 36.8 Å². The molecule has 166 valence electrons. The Morgan fingerprint density at radius 3 is 2.39 bits per heavy atom. The fraction of sp³-hybridized carbons (Fsp3) is 0.391. The lowest BCUT2D eigenvalue weighted by Crippen LogP contribution is -2.48. The zero-order chi connectivity index (χ0) is 22.2. The van der Waals surface area contributed by atoms with Gasteiger partial charge in [0.2, 0.25) is 0 Å². The van der Waals surface area contributed by atoms with E-state index in [1.54, 1.807) is 14.2 Å². The van der Waals surface area contributed by atoms with Crippen LogP contribution in [0.1, 0.15) is 18.1 Å². The lowest BCUT2D eigenvalue weighted by molar-refractivity contribution is -0.122. The molecule has 1 aliphatic heterocycles. The van der Waals surface area contributed by atoms with Crippen molar-refractivity contribution in [2.24, 2.45) is 5.10 Å². The summed E-state index contributed by atoms with van der Waals surface area (Å²) in [7, 11) is 3.18. The first-order valence-corrected chi connectivity index (χ1v) is 10.6. The summed E-state index contributed by atoms with van der Waals surface area (Å²) in [6.07, 6.45) is 0. The molecule has 0 bridgehead atoms. The number of piperazine rings is 1. The Morgan fingerprint density at radius 1 is 1.03 bits per heavy atom. The average molecular weight is 445 g/mol. The fourth-order valence-electron chi connectivity index (χ4n) is 3.48. The second-order valence-corrected chi connectivity index (χ2v) is 7.85. The maximum atomic E-state index is 12.4. The van der Waals surface area contributed by atoms with Gasteiger partial charge in [-0.3, -0.25) is 14.6 Å². The van der Waals surface area contributed by atoms with Crippen molar-refractivity contribution in [3.05, 3.63) is 58.6 Å². The first kappa shape index (κ1) is 23.1. The first-order chi connectivity index (χ1) is 15.0. The molecule has 8 heteroatoms. The van der Waals surface area contributed by atoms with E-state index in [1.807, 2.05) is 43.3 Å². The highest BCUT2D eigenvalue weighted by molar-refractivity contribution is 6.31. The van der Waals surface area contributed by atoms with Crippen molar-refractivity contribution >= 4 is 23.2 Å². The highest BCUT2D eigenvalue weighted by Crippen LogP contribution is 2.27. The summed E-state index contributed by atoms with van der Waals surface area (Å²) in [5, 5.41) is 5.04. The van der Waals surface area contributed by atoms with Gasteiger partial charge in [0.1, 0.15) is 0 Å². The van der Waals surface area contributed by atoms with Crippen molar-refractivity contribution in [1.82, 2.24) is 15.2 Å². The van der Waals surface area contributed by atoms with Crippen LogP contribution in [0, 0.1) is 0 Å². The predicted octanol–water partition coefficient (Wildman–Crippen LogP) is 3.02. The Kier molecular flexibility index (Phi) is 8.28. The van der Waals surface area contributed by atoms with Gasteiger partial charge in [0.05, 0.1) is 26.5 Å². The number of nitrogens with zero attached hydrogens (tertiary/aromatic N) is 3. The summed E-state index contributed by atoms with van der Waals surface area (Å²) in [5.41, 5.74) is 5.34. The molecule has 0 radical (unpaired) electrons. The van der Waals surface area contributed by atoms with E-state index in [4.69, 9.17) is 21.1 Å². The molecule has 1 heterocycles. The monoisotopic (exact) mass is 444 g/mol. The summed E-state index contributed by atoms with van der Waals surface area (Å²) >= 11 is 6.26. The molecule has 1 N–H and O–H groups in total. The van der Waals surface area contributed by atoms with Crippen LogP contribution in [0.25, 0.3) is 0 Å². The van der Waals surface area contributed by atoms with Gasteiger partial charge in [-0.15, -0.1) is 0 Å². The summed E-state index contributed by atoms with van der Waals surface area (Å²) in [6.45, 7) is 6.44. The Labute approximate surface area is 188 Å². The van der Waals surface area contributed by atoms with Gasteiger partial charge in [-0.1, -0.05) is 29.8 Å². The molecule has 0 aromatic heterocycles. The van der Waals surface area contributed by atoms with Gasteiger partial charge >= 0.3 is 0 Å². The number of benzene rings is 2. The number of methoxy groups -OCH3 is 2. The minimum absolute atomic E-state index is 0.126. The molecule has 0 spiro atoms. The molecule has 31 heavy (non-hydrogen) atoms. The Balaban J connectivity index is 1.46. The minimum Gasteiger partial charge on any atom is -0.493 e. The molecule has 0 unspecified atom stereocenters. The zero-order valence-corrected chi connectivity index (χ0v) is 19.0. The van der Waals surface area contributed by atoms with Gasteiger partial charge in [0.25, 0.3) is 5.91 Å². The van der Waals surface area contributed by atoms with Crippen LogP contribution in [0.5, 0.6) is 11.5 Å². The lowest BCUT2D eigenvalue weighted by Gasteiger charge is -2.34. The SMILES string of the molecule is COc1ccc(C(C)=NNC(=O)CN2CCN(Cc3ccccc3Cl)CC2)cc1OC. The molecule has 3 rings (SSSR count). The molecule has 0 saturated carbocycles. The smallest absolute Gasteiger partial charge is 0.254 e. The topological polar surface area (TPSA) is 66.4 Å². The number of nitrogens with one attached hydrogen (secondary N) is 1. The van der Waals surface area contributed by atoms with Gasteiger partial charge in [0, 0.05) is 43.3 Å².